The zero-order valence-electron chi connectivity index (χ0n) is 11.7. The molecule has 0 heterocycles. The number of carbonyl (C=O) groups excluding carboxylic acids is 1. The number of anilines is 1. The maximum atomic E-state index is 11.8. The molecule has 0 aliphatic carbocycles. The average molecular weight is 281 g/mol. The van der Waals surface area contributed by atoms with Crippen LogP contribution < -0.4 is 10.6 Å². The quantitative estimate of drug-likeness (QED) is 0.567. The van der Waals surface area contributed by atoms with Crippen LogP contribution in [0.3, 0.4) is 0 Å². The fraction of sp³-hybridized carbons (Fsp3) is 0.462. The van der Waals surface area contributed by atoms with Crippen LogP contribution in [0.2, 0.25) is 0 Å². The van der Waals surface area contributed by atoms with Gasteiger partial charge in [-0.1, -0.05) is 13.0 Å². The molecule has 110 valence electrons. The standard InChI is InChI=1S/C13H19N3O4/c1-8-4-5-11(16(19)20)6-12(8)15-13(18)14-10(3)9(2)7-17/h4-6,9-10,17H,7H2,1-3H3,(H2,14,15,18). The summed E-state index contributed by atoms with van der Waals surface area (Å²) in [4.78, 5) is 22.0. The Kier molecular flexibility index (Phi) is 5.45. The van der Waals surface area contributed by atoms with Crippen molar-refractivity contribution in [3.8, 4) is 0 Å². The number of hydrogen-bond acceptors (Lipinski definition) is 4. The number of aliphatic hydroxyl groups excluding tert-OH is 1. The molecule has 3 N–H and O–H groups in total. The molecule has 0 spiro atoms. The smallest absolute Gasteiger partial charge is 0.319 e. The Balaban J connectivity index is 2.75. The highest BCUT2D eigenvalue weighted by atomic mass is 16.6. The van der Waals surface area contributed by atoms with Crippen molar-refractivity contribution in [3.05, 3.63) is 33.9 Å². The van der Waals surface area contributed by atoms with Gasteiger partial charge in [-0.15, -0.1) is 0 Å². The molecule has 2 atom stereocenters. The summed E-state index contributed by atoms with van der Waals surface area (Å²) in [6, 6.07) is 3.61. The number of carbonyl (C=O) groups is 1. The highest BCUT2D eigenvalue weighted by molar-refractivity contribution is 5.90. The minimum Gasteiger partial charge on any atom is -0.396 e. The van der Waals surface area contributed by atoms with Crippen molar-refractivity contribution in [3.63, 3.8) is 0 Å². The van der Waals surface area contributed by atoms with Crippen molar-refractivity contribution in [1.29, 1.82) is 0 Å². The van der Waals surface area contributed by atoms with Crippen LogP contribution in [-0.4, -0.2) is 28.7 Å². The van der Waals surface area contributed by atoms with Crippen LogP contribution in [0.5, 0.6) is 0 Å². The lowest BCUT2D eigenvalue weighted by Crippen LogP contribution is -2.40. The number of nitrogens with zero attached hydrogens (tertiary/aromatic N) is 1. The molecule has 0 fully saturated rings. The minimum atomic E-state index is -0.515. The first-order valence-corrected chi connectivity index (χ1v) is 6.28. The molecule has 20 heavy (non-hydrogen) atoms. The molecule has 2 unspecified atom stereocenters. The van der Waals surface area contributed by atoms with E-state index in [2.05, 4.69) is 10.6 Å². The van der Waals surface area contributed by atoms with Gasteiger partial charge in [-0.3, -0.25) is 10.1 Å². The van der Waals surface area contributed by atoms with Gasteiger partial charge in [-0.2, -0.15) is 0 Å². The number of aryl methyl sites for hydroxylation is 1. The third-order valence-electron chi connectivity index (χ3n) is 3.18. The van der Waals surface area contributed by atoms with Gasteiger partial charge in [-0.25, -0.2) is 4.79 Å². The molecule has 0 aliphatic heterocycles. The molecular weight excluding hydrogens is 262 g/mol. The van der Waals surface area contributed by atoms with Crippen molar-refractivity contribution in [1.82, 2.24) is 5.32 Å². The molecule has 0 aliphatic rings. The van der Waals surface area contributed by atoms with E-state index in [1.165, 1.54) is 12.1 Å². The van der Waals surface area contributed by atoms with E-state index in [0.29, 0.717) is 5.69 Å². The van der Waals surface area contributed by atoms with Crippen molar-refractivity contribution in [2.24, 2.45) is 5.92 Å². The van der Waals surface area contributed by atoms with Gasteiger partial charge in [0.15, 0.2) is 0 Å². The number of urea groups is 1. The normalized spacial score (nSPS) is 13.4. The van der Waals surface area contributed by atoms with Crippen LogP contribution in [-0.2, 0) is 0 Å². The SMILES string of the molecule is Cc1ccc([N+](=O)[O-])cc1NC(=O)NC(C)C(C)CO. The first-order chi connectivity index (χ1) is 9.35. The van der Waals surface area contributed by atoms with Crippen LogP contribution in [0.25, 0.3) is 0 Å². The Morgan fingerprint density at radius 2 is 2.10 bits per heavy atom. The Bertz CT molecular complexity index is 504. The fourth-order valence-electron chi connectivity index (χ4n) is 1.52. The summed E-state index contributed by atoms with van der Waals surface area (Å²) in [7, 11) is 0. The lowest BCUT2D eigenvalue weighted by atomic mass is 10.1. The predicted molar refractivity (Wildman–Crippen MR) is 75.7 cm³/mol. The number of benzene rings is 1. The van der Waals surface area contributed by atoms with E-state index >= 15 is 0 Å². The van der Waals surface area contributed by atoms with Crippen LogP contribution in [0, 0.1) is 23.0 Å². The Morgan fingerprint density at radius 3 is 2.65 bits per heavy atom. The van der Waals surface area contributed by atoms with Gasteiger partial charge in [0.25, 0.3) is 5.69 Å². The molecular formula is C13H19N3O4. The van der Waals surface area contributed by atoms with E-state index in [9.17, 15) is 14.9 Å². The lowest BCUT2D eigenvalue weighted by Gasteiger charge is -2.19. The van der Waals surface area contributed by atoms with E-state index in [1.54, 1.807) is 19.9 Å². The van der Waals surface area contributed by atoms with Gasteiger partial charge in [-0.05, 0) is 25.3 Å². The summed E-state index contributed by atoms with van der Waals surface area (Å²) in [6.45, 7) is 5.31. The summed E-state index contributed by atoms with van der Waals surface area (Å²) < 4.78 is 0. The zero-order chi connectivity index (χ0) is 15.3. The maximum absolute atomic E-state index is 11.8. The number of amides is 2. The number of nitro benzene ring substituents is 1. The molecule has 0 radical (unpaired) electrons. The molecule has 1 aromatic carbocycles. The van der Waals surface area contributed by atoms with E-state index < -0.39 is 11.0 Å². The summed E-state index contributed by atoms with van der Waals surface area (Å²) in [5.41, 5.74) is 1.04. The molecule has 2 amide bonds. The third-order valence-corrected chi connectivity index (χ3v) is 3.18. The van der Waals surface area contributed by atoms with E-state index in [-0.39, 0.29) is 24.3 Å². The number of rotatable bonds is 5. The Hall–Kier alpha value is -2.15. The molecule has 1 aromatic rings. The van der Waals surface area contributed by atoms with Crippen LogP contribution in [0.1, 0.15) is 19.4 Å². The third kappa shape index (κ3) is 4.20. The summed E-state index contributed by atoms with van der Waals surface area (Å²) in [5, 5.41) is 25.0. The van der Waals surface area contributed by atoms with Crippen molar-refractivity contribution < 1.29 is 14.8 Å². The van der Waals surface area contributed by atoms with Crippen LogP contribution in [0.15, 0.2) is 18.2 Å². The zero-order valence-corrected chi connectivity index (χ0v) is 11.7. The van der Waals surface area contributed by atoms with Crippen LogP contribution in [0.4, 0.5) is 16.2 Å². The molecule has 0 bridgehead atoms. The second-order valence-electron chi connectivity index (χ2n) is 4.80. The number of nitro groups is 1. The topological polar surface area (TPSA) is 105 Å². The van der Waals surface area contributed by atoms with Crippen LogP contribution >= 0.6 is 0 Å². The number of aliphatic hydroxyl groups is 1. The second kappa shape index (κ2) is 6.85. The van der Waals surface area contributed by atoms with Crippen molar-refractivity contribution in [2.45, 2.75) is 26.8 Å². The van der Waals surface area contributed by atoms with Gasteiger partial charge in [0.2, 0.25) is 0 Å². The highest BCUT2D eigenvalue weighted by Crippen LogP contribution is 2.21. The monoisotopic (exact) mass is 281 g/mol. The number of nitrogens with one attached hydrogen (secondary N) is 2. The first-order valence-electron chi connectivity index (χ1n) is 6.28. The van der Waals surface area contributed by atoms with Gasteiger partial charge in [0.05, 0.1) is 10.6 Å². The number of hydrogen-bond donors (Lipinski definition) is 3. The second-order valence-corrected chi connectivity index (χ2v) is 4.80. The summed E-state index contributed by atoms with van der Waals surface area (Å²) in [6.07, 6.45) is 0. The van der Waals surface area contributed by atoms with E-state index in [1.807, 2.05) is 6.92 Å². The van der Waals surface area contributed by atoms with Gasteiger partial charge in [0.1, 0.15) is 0 Å². The largest absolute Gasteiger partial charge is 0.396 e. The Morgan fingerprint density at radius 1 is 1.45 bits per heavy atom. The molecule has 0 saturated heterocycles. The lowest BCUT2D eigenvalue weighted by molar-refractivity contribution is -0.384. The maximum Gasteiger partial charge on any atom is 0.319 e. The predicted octanol–water partition coefficient (Wildman–Crippen LogP) is 2.04. The highest BCUT2D eigenvalue weighted by Gasteiger charge is 2.15. The molecule has 0 saturated carbocycles. The summed E-state index contributed by atoms with van der Waals surface area (Å²) in [5.74, 6) is -0.0769. The van der Waals surface area contributed by atoms with Crippen molar-refractivity contribution >= 4 is 17.4 Å². The number of non-ortho nitro benzene ring substituents is 1. The molecule has 7 nitrogen and oxygen atoms in total. The molecule has 7 heteroatoms. The van der Waals surface area contributed by atoms with Gasteiger partial charge < -0.3 is 15.7 Å². The molecule has 1 rings (SSSR count). The van der Waals surface area contributed by atoms with E-state index in [4.69, 9.17) is 5.11 Å². The first kappa shape index (κ1) is 15.9. The fourth-order valence-corrected chi connectivity index (χ4v) is 1.52. The van der Waals surface area contributed by atoms with Crippen molar-refractivity contribution in [2.75, 3.05) is 11.9 Å². The Labute approximate surface area is 117 Å². The molecule has 0 aromatic heterocycles. The van der Waals surface area contributed by atoms with Gasteiger partial charge in [0, 0.05) is 24.8 Å². The minimum absolute atomic E-state index is 0.0305. The summed E-state index contributed by atoms with van der Waals surface area (Å²) >= 11 is 0. The van der Waals surface area contributed by atoms with E-state index in [0.717, 1.165) is 5.56 Å². The van der Waals surface area contributed by atoms with Gasteiger partial charge >= 0.3 is 6.03 Å². The average Bonchev–Trinajstić information content (AvgIpc) is 2.39.